The maximum absolute atomic E-state index is 4.59. The molecule has 0 radical (unpaired) electrons. The number of para-hydroxylation sites is 1. The SMILES string of the molecule is CCC1C[N+]2(Cc3ccccc3)CCC1C[C@@H]2Cc1ccnc2ccccc12. The van der Waals surface area contributed by atoms with Crippen molar-refractivity contribution in [3.05, 3.63) is 78.0 Å². The molecule has 3 saturated heterocycles. The summed E-state index contributed by atoms with van der Waals surface area (Å²) in [6.07, 6.45) is 7.33. The van der Waals surface area contributed by atoms with Crippen LogP contribution in [-0.2, 0) is 13.0 Å². The smallest absolute Gasteiger partial charge is 0.105 e. The number of hydrogen-bond donors (Lipinski definition) is 0. The van der Waals surface area contributed by atoms with Crippen molar-refractivity contribution < 1.29 is 4.48 Å². The zero-order chi connectivity index (χ0) is 19.0. The van der Waals surface area contributed by atoms with E-state index < -0.39 is 0 Å². The van der Waals surface area contributed by atoms with Crippen molar-refractivity contribution in [1.82, 2.24) is 4.98 Å². The molecule has 2 heteroatoms. The summed E-state index contributed by atoms with van der Waals surface area (Å²) in [5, 5.41) is 1.34. The third-order valence-electron chi connectivity index (χ3n) is 7.62. The lowest BCUT2D eigenvalue weighted by atomic mass is 9.71. The van der Waals surface area contributed by atoms with Gasteiger partial charge >= 0.3 is 0 Å². The van der Waals surface area contributed by atoms with Gasteiger partial charge in [-0.15, -0.1) is 0 Å². The molecule has 0 N–H and O–H groups in total. The Morgan fingerprint density at radius 3 is 2.68 bits per heavy atom. The fourth-order valence-corrected chi connectivity index (χ4v) is 6.13. The van der Waals surface area contributed by atoms with Crippen molar-refractivity contribution in [2.45, 2.75) is 45.2 Å². The number of hydrogen-bond acceptors (Lipinski definition) is 1. The van der Waals surface area contributed by atoms with Crippen LogP contribution in [0, 0.1) is 11.8 Å². The van der Waals surface area contributed by atoms with E-state index >= 15 is 0 Å². The molecule has 0 aliphatic carbocycles. The Hall–Kier alpha value is -2.19. The molecule has 0 amide bonds. The molecule has 2 nitrogen and oxygen atoms in total. The van der Waals surface area contributed by atoms with Crippen LogP contribution in [0.3, 0.4) is 0 Å². The summed E-state index contributed by atoms with van der Waals surface area (Å²) in [6, 6.07) is 22.8. The summed E-state index contributed by atoms with van der Waals surface area (Å²) in [5.74, 6) is 1.83. The second kappa shape index (κ2) is 7.33. The lowest BCUT2D eigenvalue weighted by molar-refractivity contribution is -0.982. The van der Waals surface area contributed by atoms with Crippen molar-refractivity contribution >= 4 is 10.9 Å². The van der Waals surface area contributed by atoms with Crippen LogP contribution in [-0.4, -0.2) is 28.6 Å². The molecular weight excluding hydrogens is 340 g/mol. The molecule has 3 fully saturated rings. The molecule has 6 rings (SSSR count). The molecular formula is C26H31N2+. The number of benzene rings is 2. The van der Waals surface area contributed by atoms with Gasteiger partial charge in [-0.1, -0.05) is 55.5 Å². The van der Waals surface area contributed by atoms with Gasteiger partial charge in [0.15, 0.2) is 0 Å². The highest BCUT2D eigenvalue weighted by Gasteiger charge is 2.51. The third kappa shape index (κ3) is 3.14. The van der Waals surface area contributed by atoms with Crippen LogP contribution in [0.1, 0.15) is 37.3 Å². The maximum Gasteiger partial charge on any atom is 0.105 e. The quantitative estimate of drug-likeness (QED) is 0.531. The molecule has 3 aliphatic rings. The minimum absolute atomic E-state index is 0.729. The van der Waals surface area contributed by atoms with Crippen molar-refractivity contribution in [1.29, 1.82) is 0 Å². The van der Waals surface area contributed by atoms with Gasteiger partial charge in [0.2, 0.25) is 0 Å². The summed E-state index contributed by atoms with van der Waals surface area (Å²) in [4.78, 5) is 4.59. The third-order valence-corrected chi connectivity index (χ3v) is 7.62. The molecule has 3 aliphatic heterocycles. The Morgan fingerprint density at radius 2 is 1.82 bits per heavy atom. The number of piperidine rings is 3. The summed E-state index contributed by atoms with van der Waals surface area (Å²) >= 11 is 0. The zero-order valence-corrected chi connectivity index (χ0v) is 16.9. The summed E-state index contributed by atoms with van der Waals surface area (Å²) in [5.41, 5.74) is 4.13. The largest absolute Gasteiger partial charge is 0.317 e. The Balaban J connectivity index is 1.50. The first-order valence-corrected chi connectivity index (χ1v) is 11.0. The van der Waals surface area contributed by atoms with Gasteiger partial charge in [0.25, 0.3) is 0 Å². The molecule has 1 aromatic heterocycles. The Morgan fingerprint density at radius 1 is 1.00 bits per heavy atom. The van der Waals surface area contributed by atoms with Gasteiger partial charge in [0.1, 0.15) is 6.54 Å². The normalized spacial score (nSPS) is 29.2. The van der Waals surface area contributed by atoms with Gasteiger partial charge in [0, 0.05) is 42.3 Å². The van der Waals surface area contributed by atoms with E-state index in [-0.39, 0.29) is 0 Å². The van der Waals surface area contributed by atoms with Gasteiger partial charge in [-0.25, -0.2) is 0 Å². The van der Waals surface area contributed by atoms with Crippen molar-refractivity contribution in [3.63, 3.8) is 0 Å². The van der Waals surface area contributed by atoms with Crippen LogP contribution < -0.4 is 0 Å². The van der Waals surface area contributed by atoms with Gasteiger partial charge < -0.3 is 4.48 Å². The molecule has 0 saturated carbocycles. The highest BCUT2D eigenvalue weighted by molar-refractivity contribution is 5.81. The van der Waals surface area contributed by atoms with Gasteiger partial charge in [0.05, 0.1) is 24.6 Å². The molecule has 28 heavy (non-hydrogen) atoms. The first-order chi connectivity index (χ1) is 13.8. The van der Waals surface area contributed by atoms with E-state index in [0.29, 0.717) is 0 Å². The topological polar surface area (TPSA) is 12.9 Å². The Labute approximate surface area is 168 Å². The number of rotatable bonds is 5. The number of aromatic nitrogens is 1. The molecule has 3 unspecified atom stereocenters. The minimum atomic E-state index is 0.729. The summed E-state index contributed by atoms with van der Waals surface area (Å²) in [6.45, 7) is 6.31. The van der Waals surface area contributed by atoms with Crippen LogP contribution >= 0.6 is 0 Å². The van der Waals surface area contributed by atoms with Gasteiger partial charge in [-0.05, 0) is 30.0 Å². The highest BCUT2D eigenvalue weighted by atomic mass is 15.4. The van der Waals surface area contributed by atoms with E-state index in [1.165, 1.54) is 66.3 Å². The number of quaternary nitrogens is 1. The molecule has 0 spiro atoms. The lowest BCUT2D eigenvalue weighted by Crippen LogP contribution is -2.66. The van der Waals surface area contributed by atoms with Crippen molar-refractivity contribution in [2.75, 3.05) is 13.1 Å². The number of nitrogens with zero attached hydrogens (tertiary/aromatic N) is 2. The predicted octanol–water partition coefficient (Wildman–Crippen LogP) is 5.61. The molecule has 3 aromatic rings. The second-order valence-electron chi connectivity index (χ2n) is 9.07. The van der Waals surface area contributed by atoms with Crippen LogP contribution in [0.2, 0.25) is 0 Å². The average Bonchev–Trinajstić information content (AvgIpc) is 2.75. The predicted molar refractivity (Wildman–Crippen MR) is 116 cm³/mol. The standard InChI is InChI=1S/C26H31N2/c1-2-21-19-28(18-20-8-4-3-5-9-20)15-13-22(21)16-24(28)17-23-12-14-27-26-11-7-6-10-25(23)26/h3-12,14,21-22,24H,2,13,15-19H2,1H3/q+1/t21?,22?,24-,28?/m1/s1. The zero-order valence-electron chi connectivity index (χ0n) is 16.9. The second-order valence-corrected chi connectivity index (χ2v) is 9.07. The molecule has 2 bridgehead atoms. The average molecular weight is 372 g/mol. The summed E-state index contributed by atoms with van der Waals surface area (Å²) in [7, 11) is 0. The first kappa shape index (κ1) is 17.9. The molecule has 4 heterocycles. The van der Waals surface area contributed by atoms with Crippen molar-refractivity contribution in [3.8, 4) is 0 Å². The first-order valence-electron chi connectivity index (χ1n) is 11.0. The highest BCUT2D eigenvalue weighted by Crippen LogP contribution is 2.45. The van der Waals surface area contributed by atoms with Crippen LogP contribution in [0.25, 0.3) is 10.9 Å². The Bertz CT molecular complexity index is 946. The van der Waals surface area contributed by atoms with Crippen LogP contribution in [0.15, 0.2) is 66.9 Å². The van der Waals surface area contributed by atoms with Gasteiger partial charge in [-0.2, -0.15) is 0 Å². The molecule has 2 aromatic carbocycles. The fraction of sp³-hybridized carbons (Fsp3) is 0.423. The lowest BCUT2D eigenvalue weighted by Gasteiger charge is -2.57. The van der Waals surface area contributed by atoms with Gasteiger partial charge in [-0.3, -0.25) is 4.98 Å². The Kier molecular flexibility index (Phi) is 4.68. The number of fused-ring (bicyclic) bond motifs is 4. The maximum atomic E-state index is 4.59. The van der Waals surface area contributed by atoms with E-state index in [1.807, 2.05) is 6.20 Å². The minimum Gasteiger partial charge on any atom is -0.317 e. The van der Waals surface area contributed by atoms with Crippen molar-refractivity contribution in [2.24, 2.45) is 11.8 Å². The van der Waals surface area contributed by atoms with E-state index in [0.717, 1.165) is 23.4 Å². The number of pyridine rings is 1. The molecule has 4 atom stereocenters. The van der Waals surface area contributed by atoms with E-state index in [9.17, 15) is 0 Å². The summed E-state index contributed by atoms with van der Waals surface area (Å²) < 4.78 is 1.29. The fourth-order valence-electron chi connectivity index (χ4n) is 6.13. The van der Waals surface area contributed by atoms with Crippen LogP contribution in [0.4, 0.5) is 0 Å². The van der Waals surface area contributed by atoms with E-state index in [4.69, 9.17) is 0 Å². The van der Waals surface area contributed by atoms with E-state index in [1.54, 1.807) is 0 Å². The van der Waals surface area contributed by atoms with Crippen LogP contribution in [0.5, 0.6) is 0 Å². The monoisotopic (exact) mass is 371 g/mol. The van der Waals surface area contributed by atoms with E-state index in [2.05, 4.69) is 72.6 Å². The molecule has 144 valence electrons.